The van der Waals surface area contributed by atoms with E-state index in [2.05, 4.69) is 28.2 Å². The second kappa shape index (κ2) is 10.3. The van der Waals surface area contributed by atoms with Crippen LogP contribution in [0.15, 0.2) is 42.6 Å². The van der Waals surface area contributed by atoms with Crippen LogP contribution in [0.4, 0.5) is 0 Å². The Morgan fingerprint density at radius 1 is 1.26 bits per heavy atom. The third-order valence-corrected chi connectivity index (χ3v) is 5.03. The largest absolute Gasteiger partial charge is 0.497 e. The smallest absolute Gasteiger partial charge is 0.130 e. The van der Waals surface area contributed by atoms with Crippen LogP contribution >= 0.6 is 0 Å². The summed E-state index contributed by atoms with van der Waals surface area (Å²) >= 11 is 0. The number of hydrogen-bond donors (Lipinski definition) is 1. The Morgan fingerprint density at radius 2 is 2.19 bits per heavy atom. The van der Waals surface area contributed by atoms with Gasteiger partial charge in [0, 0.05) is 24.8 Å². The summed E-state index contributed by atoms with van der Waals surface area (Å²) in [6.45, 7) is 8.20. The molecule has 5 heteroatoms. The minimum atomic E-state index is 0.467. The van der Waals surface area contributed by atoms with Gasteiger partial charge in [0.1, 0.15) is 18.1 Å². The molecule has 0 radical (unpaired) electrons. The van der Waals surface area contributed by atoms with Crippen molar-refractivity contribution in [3.63, 3.8) is 0 Å². The van der Waals surface area contributed by atoms with E-state index < -0.39 is 0 Å². The number of pyridine rings is 1. The number of nitrogens with one attached hydrogen (secondary N) is 1. The minimum absolute atomic E-state index is 0.467. The molecule has 0 spiro atoms. The highest BCUT2D eigenvalue weighted by Crippen LogP contribution is 2.25. The van der Waals surface area contributed by atoms with Crippen molar-refractivity contribution < 1.29 is 9.47 Å². The summed E-state index contributed by atoms with van der Waals surface area (Å²) in [5.74, 6) is 2.47. The number of likely N-dealkylation sites (tertiary alicyclic amines) is 1. The van der Waals surface area contributed by atoms with E-state index in [1.165, 1.54) is 32.5 Å². The van der Waals surface area contributed by atoms with Gasteiger partial charge in [-0.15, -0.1) is 0 Å². The monoisotopic (exact) mass is 369 g/mol. The Labute approximate surface area is 162 Å². The molecular formula is C22H31N3O2. The van der Waals surface area contributed by atoms with E-state index in [0.29, 0.717) is 6.61 Å². The van der Waals surface area contributed by atoms with Crippen LogP contribution in [0.3, 0.4) is 0 Å². The molecule has 0 aliphatic carbocycles. The van der Waals surface area contributed by atoms with Gasteiger partial charge in [-0.3, -0.25) is 4.98 Å². The van der Waals surface area contributed by atoms with Gasteiger partial charge in [0.25, 0.3) is 0 Å². The lowest BCUT2D eigenvalue weighted by Crippen LogP contribution is -2.26. The van der Waals surface area contributed by atoms with Crippen molar-refractivity contribution in [1.29, 1.82) is 0 Å². The SMILES string of the molecule is CCCN1CCC(CNCc2cc(OC)ccc2OCc2ccccn2)C1. The first-order chi connectivity index (χ1) is 13.3. The van der Waals surface area contributed by atoms with Gasteiger partial charge in [-0.2, -0.15) is 0 Å². The third kappa shape index (κ3) is 5.94. The summed E-state index contributed by atoms with van der Waals surface area (Å²) in [5.41, 5.74) is 2.04. The maximum absolute atomic E-state index is 6.03. The first-order valence-electron chi connectivity index (χ1n) is 9.91. The first kappa shape index (κ1) is 19.6. The summed E-state index contributed by atoms with van der Waals surface area (Å²) in [7, 11) is 1.70. The van der Waals surface area contributed by atoms with E-state index >= 15 is 0 Å². The summed E-state index contributed by atoms with van der Waals surface area (Å²) < 4.78 is 11.4. The van der Waals surface area contributed by atoms with Crippen molar-refractivity contribution in [1.82, 2.24) is 15.2 Å². The summed E-state index contributed by atoms with van der Waals surface area (Å²) in [6, 6.07) is 11.8. The fourth-order valence-electron chi connectivity index (χ4n) is 3.61. The molecule has 0 bridgehead atoms. The second-order valence-electron chi connectivity index (χ2n) is 7.17. The van der Waals surface area contributed by atoms with Crippen molar-refractivity contribution in [2.45, 2.75) is 32.9 Å². The van der Waals surface area contributed by atoms with Crippen molar-refractivity contribution in [2.75, 3.05) is 33.3 Å². The number of rotatable bonds is 10. The number of ether oxygens (including phenoxy) is 2. The number of hydrogen-bond acceptors (Lipinski definition) is 5. The van der Waals surface area contributed by atoms with Gasteiger partial charge >= 0.3 is 0 Å². The molecule has 1 aromatic heterocycles. The lowest BCUT2D eigenvalue weighted by Gasteiger charge is -2.16. The minimum Gasteiger partial charge on any atom is -0.497 e. The Kier molecular flexibility index (Phi) is 7.48. The molecule has 1 aliphatic rings. The highest BCUT2D eigenvalue weighted by molar-refractivity contribution is 5.40. The number of aromatic nitrogens is 1. The van der Waals surface area contributed by atoms with Gasteiger partial charge in [-0.05, 0) is 68.7 Å². The van der Waals surface area contributed by atoms with E-state index in [1.807, 2.05) is 30.3 Å². The molecular weight excluding hydrogens is 338 g/mol. The standard InChI is InChI=1S/C22H31N3O2/c1-3-11-25-12-9-18(16-25)14-23-15-19-13-21(26-2)7-8-22(19)27-17-20-6-4-5-10-24-20/h4-8,10,13,18,23H,3,9,11-12,14-17H2,1-2H3. The molecule has 146 valence electrons. The molecule has 1 saturated heterocycles. The molecule has 1 aliphatic heterocycles. The van der Waals surface area contributed by atoms with Gasteiger partial charge in [0.05, 0.1) is 12.8 Å². The van der Waals surface area contributed by atoms with Gasteiger partial charge in [0.2, 0.25) is 0 Å². The lowest BCUT2D eigenvalue weighted by molar-refractivity contribution is 0.295. The predicted molar refractivity (Wildman–Crippen MR) is 108 cm³/mol. The zero-order valence-electron chi connectivity index (χ0n) is 16.5. The van der Waals surface area contributed by atoms with Crippen LogP contribution < -0.4 is 14.8 Å². The molecule has 1 atom stereocenters. The van der Waals surface area contributed by atoms with Crippen LogP contribution in [-0.4, -0.2) is 43.2 Å². The number of methoxy groups -OCH3 is 1. The van der Waals surface area contributed by atoms with Crippen LogP contribution in [0, 0.1) is 5.92 Å². The van der Waals surface area contributed by atoms with Gasteiger partial charge in [-0.1, -0.05) is 13.0 Å². The normalized spacial score (nSPS) is 17.2. The van der Waals surface area contributed by atoms with Gasteiger partial charge in [0.15, 0.2) is 0 Å². The predicted octanol–water partition coefficient (Wildman–Crippen LogP) is 3.49. The van der Waals surface area contributed by atoms with Crippen LogP contribution in [0.2, 0.25) is 0 Å². The molecule has 1 fully saturated rings. The maximum Gasteiger partial charge on any atom is 0.130 e. The fraction of sp³-hybridized carbons (Fsp3) is 0.500. The van der Waals surface area contributed by atoms with Crippen molar-refractivity contribution in [3.05, 3.63) is 53.9 Å². The van der Waals surface area contributed by atoms with Gasteiger partial charge < -0.3 is 19.7 Å². The quantitative estimate of drug-likeness (QED) is 0.695. The Balaban J connectivity index is 1.54. The summed E-state index contributed by atoms with van der Waals surface area (Å²) in [6.07, 6.45) is 4.31. The number of benzene rings is 1. The third-order valence-electron chi connectivity index (χ3n) is 5.03. The molecule has 0 amide bonds. The molecule has 0 saturated carbocycles. The molecule has 5 nitrogen and oxygen atoms in total. The Bertz CT molecular complexity index is 693. The highest BCUT2D eigenvalue weighted by atomic mass is 16.5. The lowest BCUT2D eigenvalue weighted by atomic mass is 10.1. The molecule has 27 heavy (non-hydrogen) atoms. The molecule has 2 aromatic rings. The van der Waals surface area contributed by atoms with E-state index in [4.69, 9.17) is 9.47 Å². The van der Waals surface area contributed by atoms with Crippen LogP contribution in [0.25, 0.3) is 0 Å². The van der Waals surface area contributed by atoms with E-state index in [1.54, 1.807) is 13.3 Å². The van der Waals surface area contributed by atoms with E-state index in [9.17, 15) is 0 Å². The van der Waals surface area contributed by atoms with Crippen LogP contribution in [-0.2, 0) is 13.2 Å². The summed E-state index contributed by atoms with van der Waals surface area (Å²) in [5, 5.41) is 3.62. The maximum atomic E-state index is 6.03. The van der Waals surface area contributed by atoms with Crippen molar-refractivity contribution in [3.8, 4) is 11.5 Å². The zero-order valence-corrected chi connectivity index (χ0v) is 16.5. The Hall–Kier alpha value is -2.11. The fourth-order valence-corrected chi connectivity index (χ4v) is 3.61. The van der Waals surface area contributed by atoms with Crippen LogP contribution in [0.5, 0.6) is 11.5 Å². The molecule has 1 N–H and O–H groups in total. The second-order valence-corrected chi connectivity index (χ2v) is 7.17. The molecule has 1 aromatic carbocycles. The Morgan fingerprint density at radius 3 is 2.96 bits per heavy atom. The molecule has 1 unspecified atom stereocenters. The molecule has 2 heterocycles. The van der Waals surface area contributed by atoms with E-state index in [0.717, 1.165) is 41.8 Å². The van der Waals surface area contributed by atoms with Gasteiger partial charge in [-0.25, -0.2) is 0 Å². The van der Waals surface area contributed by atoms with Crippen molar-refractivity contribution >= 4 is 0 Å². The van der Waals surface area contributed by atoms with Crippen LogP contribution in [0.1, 0.15) is 31.0 Å². The average molecular weight is 370 g/mol. The first-order valence-corrected chi connectivity index (χ1v) is 9.91. The zero-order chi connectivity index (χ0) is 18.9. The topological polar surface area (TPSA) is 46.6 Å². The van der Waals surface area contributed by atoms with E-state index in [-0.39, 0.29) is 0 Å². The number of nitrogens with zero attached hydrogens (tertiary/aromatic N) is 2. The molecule has 3 rings (SSSR count). The van der Waals surface area contributed by atoms with Crippen molar-refractivity contribution in [2.24, 2.45) is 5.92 Å². The summed E-state index contributed by atoms with van der Waals surface area (Å²) in [4.78, 5) is 6.89. The average Bonchev–Trinajstić information content (AvgIpc) is 3.15. The highest BCUT2D eigenvalue weighted by Gasteiger charge is 2.21.